The summed E-state index contributed by atoms with van der Waals surface area (Å²) in [7, 11) is 0. The van der Waals surface area contributed by atoms with Crippen molar-refractivity contribution in [1.29, 1.82) is 0 Å². The van der Waals surface area contributed by atoms with E-state index in [1.165, 1.54) is 22.8 Å². The second-order valence-electron chi connectivity index (χ2n) is 7.18. The molecule has 4 aromatic rings. The van der Waals surface area contributed by atoms with E-state index in [0.29, 0.717) is 43.2 Å². The van der Waals surface area contributed by atoms with Crippen LogP contribution in [0, 0.1) is 10.1 Å². The highest BCUT2D eigenvalue weighted by Crippen LogP contribution is 2.21. The topological polar surface area (TPSA) is 128 Å². The summed E-state index contributed by atoms with van der Waals surface area (Å²) in [6.45, 7) is 2.94. The third kappa shape index (κ3) is 3.53. The normalized spacial score (nSPS) is 14.9. The smallest absolute Gasteiger partial charge is 0.408 e. The largest absolute Gasteiger partial charge is 0.421 e. The number of rotatable bonds is 5. The summed E-state index contributed by atoms with van der Waals surface area (Å²) in [5, 5.41) is 23.2. The van der Waals surface area contributed by atoms with Gasteiger partial charge in [-0.15, -0.1) is 0 Å². The predicted octanol–water partition coefficient (Wildman–Crippen LogP) is 1.26. The van der Waals surface area contributed by atoms with E-state index in [1.807, 2.05) is 30.3 Å². The lowest BCUT2D eigenvalue weighted by atomic mass is 10.3. The third-order valence-electron chi connectivity index (χ3n) is 5.31. The number of aromatic nitrogens is 5. The van der Waals surface area contributed by atoms with Gasteiger partial charge in [-0.2, -0.15) is 4.68 Å². The fourth-order valence-electron chi connectivity index (χ4n) is 3.70. The lowest BCUT2D eigenvalue weighted by Crippen LogP contribution is -2.48. The summed E-state index contributed by atoms with van der Waals surface area (Å²) in [4.78, 5) is 27.1. The predicted molar refractivity (Wildman–Crippen MR) is 110 cm³/mol. The van der Waals surface area contributed by atoms with Crippen LogP contribution in [0.25, 0.3) is 16.8 Å². The van der Waals surface area contributed by atoms with Gasteiger partial charge in [0.25, 0.3) is 5.69 Å². The molecule has 1 saturated heterocycles. The van der Waals surface area contributed by atoms with E-state index in [-0.39, 0.29) is 12.4 Å². The zero-order valence-electron chi connectivity index (χ0n) is 16.4. The van der Waals surface area contributed by atoms with Gasteiger partial charge < -0.3 is 9.32 Å². The number of para-hydroxylation sites is 1. The maximum atomic E-state index is 12.3. The highest BCUT2D eigenvalue weighted by atomic mass is 16.6. The Labute approximate surface area is 175 Å². The maximum Gasteiger partial charge on any atom is 0.421 e. The van der Waals surface area contributed by atoms with Gasteiger partial charge >= 0.3 is 5.76 Å². The number of fused-ring (bicyclic) bond motifs is 1. The summed E-state index contributed by atoms with van der Waals surface area (Å²) in [6.07, 6.45) is 0. The molecule has 0 radical (unpaired) electrons. The molecule has 0 amide bonds. The van der Waals surface area contributed by atoms with Gasteiger partial charge in [0, 0.05) is 38.3 Å². The first-order chi connectivity index (χ1) is 15.1. The molecule has 3 heterocycles. The number of non-ortho nitro benzene ring substituents is 1. The molecule has 0 bridgehead atoms. The van der Waals surface area contributed by atoms with Crippen molar-refractivity contribution in [2.24, 2.45) is 0 Å². The van der Waals surface area contributed by atoms with Gasteiger partial charge in [-0.05, 0) is 28.6 Å². The van der Waals surface area contributed by atoms with E-state index in [0.717, 1.165) is 5.69 Å². The molecular weight excluding hydrogens is 404 g/mol. The minimum absolute atomic E-state index is 0.0837. The highest BCUT2D eigenvalue weighted by Gasteiger charge is 2.24. The summed E-state index contributed by atoms with van der Waals surface area (Å²) in [6, 6.07) is 13.8. The van der Waals surface area contributed by atoms with E-state index in [9.17, 15) is 14.9 Å². The Morgan fingerprint density at radius 1 is 1.06 bits per heavy atom. The Morgan fingerprint density at radius 2 is 1.84 bits per heavy atom. The van der Waals surface area contributed by atoms with Crippen molar-refractivity contribution in [2.45, 2.75) is 6.67 Å². The van der Waals surface area contributed by atoms with Gasteiger partial charge in [0.05, 0.1) is 22.8 Å². The third-order valence-corrected chi connectivity index (χ3v) is 5.31. The monoisotopic (exact) mass is 422 g/mol. The van der Waals surface area contributed by atoms with Gasteiger partial charge in [0.15, 0.2) is 5.58 Å². The summed E-state index contributed by atoms with van der Waals surface area (Å²) >= 11 is 0. The van der Waals surface area contributed by atoms with Crippen LogP contribution in [0.2, 0.25) is 0 Å². The molecule has 1 fully saturated rings. The molecule has 0 aliphatic carbocycles. The van der Waals surface area contributed by atoms with Gasteiger partial charge in [-0.3, -0.25) is 19.6 Å². The van der Waals surface area contributed by atoms with E-state index < -0.39 is 10.7 Å². The maximum absolute atomic E-state index is 12.3. The van der Waals surface area contributed by atoms with Crippen molar-refractivity contribution in [1.82, 2.24) is 29.7 Å². The Bertz CT molecular complexity index is 1290. The van der Waals surface area contributed by atoms with E-state index >= 15 is 0 Å². The molecule has 0 spiro atoms. The zero-order chi connectivity index (χ0) is 21.4. The molecule has 1 aliphatic rings. The first-order valence-electron chi connectivity index (χ1n) is 9.69. The number of piperazine rings is 1. The van der Waals surface area contributed by atoms with Crippen LogP contribution in [0.5, 0.6) is 0 Å². The fourth-order valence-corrected chi connectivity index (χ4v) is 3.70. The van der Waals surface area contributed by atoms with E-state index in [1.54, 1.807) is 4.68 Å². The second-order valence-corrected chi connectivity index (χ2v) is 7.18. The molecule has 158 valence electrons. The van der Waals surface area contributed by atoms with E-state index in [4.69, 9.17) is 4.42 Å². The van der Waals surface area contributed by atoms with Crippen LogP contribution < -0.4 is 10.7 Å². The molecule has 2 aromatic heterocycles. The van der Waals surface area contributed by atoms with Gasteiger partial charge in [-0.1, -0.05) is 23.3 Å². The summed E-state index contributed by atoms with van der Waals surface area (Å²) in [5.41, 5.74) is 1.54. The lowest BCUT2D eigenvalue weighted by Gasteiger charge is -2.34. The van der Waals surface area contributed by atoms with Gasteiger partial charge in [0.2, 0.25) is 5.95 Å². The number of anilines is 1. The summed E-state index contributed by atoms with van der Waals surface area (Å²) in [5.74, 6) is 0.123. The average molecular weight is 422 g/mol. The molecule has 0 unspecified atom stereocenters. The van der Waals surface area contributed by atoms with Crippen molar-refractivity contribution in [3.8, 4) is 5.69 Å². The minimum Gasteiger partial charge on any atom is -0.408 e. The SMILES string of the molecule is O=c1oc2ccc([N+](=O)[O-])cc2n1CN1CCN(c2nnnn2-c2ccccc2)CC1. The average Bonchev–Trinajstić information content (AvgIpc) is 3.39. The Balaban J connectivity index is 1.32. The van der Waals surface area contributed by atoms with Crippen LogP contribution in [-0.2, 0) is 6.67 Å². The van der Waals surface area contributed by atoms with Crippen LogP contribution >= 0.6 is 0 Å². The van der Waals surface area contributed by atoms with E-state index in [2.05, 4.69) is 25.3 Å². The van der Waals surface area contributed by atoms with Gasteiger partial charge in [0.1, 0.15) is 0 Å². The number of hydrogen-bond donors (Lipinski definition) is 0. The molecule has 0 saturated carbocycles. The molecule has 31 heavy (non-hydrogen) atoms. The number of oxazole rings is 1. The molecule has 12 nitrogen and oxygen atoms in total. The molecule has 1 aliphatic heterocycles. The van der Waals surface area contributed by atoms with Crippen LogP contribution in [0.3, 0.4) is 0 Å². The second kappa shape index (κ2) is 7.65. The summed E-state index contributed by atoms with van der Waals surface area (Å²) < 4.78 is 8.36. The van der Waals surface area contributed by atoms with Crippen molar-refractivity contribution in [3.05, 3.63) is 69.2 Å². The molecule has 5 rings (SSSR count). The number of nitro groups is 1. The van der Waals surface area contributed by atoms with Gasteiger partial charge in [-0.25, -0.2) is 4.79 Å². The van der Waals surface area contributed by atoms with Crippen molar-refractivity contribution in [2.75, 3.05) is 31.1 Å². The molecule has 2 aromatic carbocycles. The number of hydrogen-bond acceptors (Lipinski definition) is 9. The van der Waals surface area contributed by atoms with Crippen molar-refractivity contribution >= 4 is 22.7 Å². The first kappa shape index (κ1) is 18.9. The van der Waals surface area contributed by atoms with Crippen LogP contribution in [-0.4, -0.2) is 60.8 Å². The zero-order valence-corrected chi connectivity index (χ0v) is 16.4. The molecule has 0 N–H and O–H groups in total. The number of nitrogens with zero attached hydrogens (tertiary/aromatic N) is 8. The number of benzene rings is 2. The van der Waals surface area contributed by atoms with Crippen LogP contribution in [0.15, 0.2) is 57.7 Å². The highest BCUT2D eigenvalue weighted by molar-refractivity contribution is 5.75. The lowest BCUT2D eigenvalue weighted by molar-refractivity contribution is -0.384. The Morgan fingerprint density at radius 3 is 2.58 bits per heavy atom. The molecule has 12 heteroatoms. The van der Waals surface area contributed by atoms with Crippen molar-refractivity contribution in [3.63, 3.8) is 0 Å². The number of tetrazole rings is 1. The van der Waals surface area contributed by atoms with Crippen LogP contribution in [0.1, 0.15) is 0 Å². The van der Waals surface area contributed by atoms with Crippen LogP contribution in [0.4, 0.5) is 11.6 Å². The van der Waals surface area contributed by atoms with Crippen molar-refractivity contribution < 1.29 is 9.34 Å². The first-order valence-corrected chi connectivity index (χ1v) is 9.69. The molecule has 0 atom stereocenters. The minimum atomic E-state index is -0.536. The standard InChI is InChI=1S/C19H18N8O4/c28-19-25(16-12-15(27(29)30)6-7-17(16)31-19)13-23-8-10-24(11-9-23)18-20-21-22-26(18)14-4-2-1-3-5-14/h1-7,12H,8-11,13H2. The quantitative estimate of drug-likeness (QED) is 0.345. The fraction of sp³-hybridized carbons (Fsp3) is 0.263. The Kier molecular flexibility index (Phi) is 4.67. The number of nitro benzene ring substituents is 1. The Hall–Kier alpha value is -4.06. The molecular formula is C19H18N8O4.